The van der Waals surface area contributed by atoms with Crippen LogP contribution in [0.1, 0.15) is 23.0 Å². The number of nitrogens with one attached hydrogen (secondary N) is 1. The number of aryl methyl sites for hydroxylation is 1. The molecule has 0 saturated carbocycles. The Hall–Kier alpha value is -2.36. The van der Waals surface area contributed by atoms with Crippen molar-refractivity contribution in [3.05, 3.63) is 53.7 Å². The monoisotopic (exact) mass is 241 g/mol. The second-order valence-corrected chi connectivity index (χ2v) is 3.95. The summed E-state index contributed by atoms with van der Waals surface area (Å²) < 4.78 is 0. The van der Waals surface area contributed by atoms with Gasteiger partial charge >= 0.3 is 0 Å². The van der Waals surface area contributed by atoms with Gasteiger partial charge in [-0.15, -0.1) is 0 Å². The number of hydrogen-bond acceptors (Lipinski definition) is 3. The molecule has 1 heterocycles. The quantitative estimate of drug-likeness (QED) is 0.867. The number of anilines is 2. The molecule has 1 aromatic heterocycles. The first-order valence-corrected chi connectivity index (χ1v) is 5.82. The van der Waals surface area contributed by atoms with Gasteiger partial charge in [0.25, 0.3) is 5.91 Å². The minimum absolute atomic E-state index is 0.258. The molecule has 3 N–H and O–H groups in total. The highest BCUT2D eigenvalue weighted by atomic mass is 16.1. The van der Waals surface area contributed by atoms with Gasteiger partial charge in [0.2, 0.25) is 0 Å². The standard InChI is InChI=1S/C14H15N3O/c1-2-10-6-8-11(9-7-10)16-14(18)12-4-3-5-13(15)17-12/h3-9H,2H2,1H3,(H2,15,17)(H,16,18). The molecule has 18 heavy (non-hydrogen) atoms. The van der Waals surface area contributed by atoms with E-state index in [0.29, 0.717) is 11.5 Å². The van der Waals surface area contributed by atoms with Crippen LogP contribution in [-0.4, -0.2) is 10.9 Å². The van der Waals surface area contributed by atoms with Crippen LogP contribution in [0.25, 0.3) is 0 Å². The second kappa shape index (κ2) is 5.31. The molecule has 4 nitrogen and oxygen atoms in total. The highest BCUT2D eigenvalue weighted by molar-refractivity contribution is 6.03. The molecule has 0 spiro atoms. The van der Waals surface area contributed by atoms with E-state index in [2.05, 4.69) is 17.2 Å². The van der Waals surface area contributed by atoms with Gasteiger partial charge < -0.3 is 11.1 Å². The van der Waals surface area contributed by atoms with Crippen LogP contribution < -0.4 is 11.1 Å². The summed E-state index contributed by atoms with van der Waals surface area (Å²) in [5, 5.41) is 2.78. The average molecular weight is 241 g/mol. The van der Waals surface area contributed by atoms with Crippen molar-refractivity contribution in [3.8, 4) is 0 Å². The van der Waals surface area contributed by atoms with E-state index in [4.69, 9.17) is 5.73 Å². The zero-order chi connectivity index (χ0) is 13.0. The van der Waals surface area contributed by atoms with Crippen molar-refractivity contribution in [2.75, 3.05) is 11.1 Å². The molecule has 0 atom stereocenters. The fourth-order valence-corrected chi connectivity index (χ4v) is 1.60. The molecule has 0 fully saturated rings. The average Bonchev–Trinajstić information content (AvgIpc) is 2.39. The van der Waals surface area contributed by atoms with Crippen molar-refractivity contribution in [1.82, 2.24) is 4.98 Å². The molecule has 0 aliphatic heterocycles. The SMILES string of the molecule is CCc1ccc(NC(=O)c2cccc(N)n2)cc1. The molecular weight excluding hydrogens is 226 g/mol. The molecule has 92 valence electrons. The van der Waals surface area contributed by atoms with Crippen LogP contribution in [0.15, 0.2) is 42.5 Å². The van der Waals surface area contributed by atoms with Gasteiger partial charge in [-0.05, 0) is 36.2 Å². The molecule has 2 aromatic rings. The van der Waals surface area contributed by atoms with Gasteiger partial charge in [-0.1, -0.05) is 25.1 Å². The molecule has 2 rings (SSSR count). The fraction of sp³-hybridized carbons (Fsp3) is 0.143. The molecule has 0 bridgehead atoms. The number of benzene rings is 1. The third-order valence-electron chi connectivity index (χ3n) is 2.62. The van der Waals surface area contributed by atoms with Crippen LogP contribution in [0.2, 0.25) is 0 Å². The number of carbonyl (C=O) groups is 1. The first kappa shape index (κ1) is 12.1. The molecule has 4 heteroatoms. The van der Waals surface area contributed by atoms with Crippen LogP contribution in [0.5, 0.6) is 0 Å². The first-order valence-electron chi connectivity index (χ1n) is 5.82. The van der Waals surface area contributed by atoms with Gasteiger partial charge in [-0.25, -0.2) is 4.98 Å². The van der Waals surface area contributed by atoms with E-state index in [1.54, 1.807) is 18.2 Å². The number of amides is 1. The van der Waals surface area contributed by atoms with Crippen molar-refractivity contribution in [2.24, 2.45) is 0 Å². The summed E-state index contributed by atoms with van der Waals surface area (Å²) in [4.78, 5) is 15.9. The lowest BCUT2D eigenvalue weighted by Gasteiger charge is -2.05. The van der Waals surface area contributed by atoms with Gasteiger partial charge in [0.05, 0.1) is 0 Å². The zero-order valence-corrected chi connectivity index (χ0v) is 10.2. The topological polar surface area (TPSA) is 68.0 Å². The number of nitrogens with two attached hydrogens (primary N) is 1. The van der Waals surface area contributed by atoms with E-state index in [1.165, 1.54) is 5.56 Å². The Kier molecular flexibility index (Phi) is 3.57. The number of rotatable bonds is 3. The lowest BCUT2D eigenvalue weighted by atomic mass is 10.1. The van der Waals surface area contributed by atoms with E-state index in [9.17, 15) is 4.79 Å². The normalized spacial score (nSPS) is 10.1. The summed E-state index contributed by atoms with van der Waals surface area (Å²) in [7, 11) is 0. The lowest BCUT2D eigenvalue weighted by molar-refractivity contribution is 0.102. The number of aromatic nitrogens is 1. The molecule has 0 unspecified atom stereocenters. The van der Waals surface area contributed by atoms with Crippen LogP contribution in [-0.2, 0) is 6.42 Å². The van der Waals surface area contributed by atoms with Crippen LogP contribution in [0, 0.1) is 0 Å². The minimum atomic E-state index is -0.258. The van der Waals surface area contributed by atoms with Crippen molar-refractivity contribution in [1.29, 1.82) is 0 Å². The number of carbonyl (C=O) groups excluding carboxylic acids is 1. The van der Waals surface area contributed by atoms with Crippen molar-refractivity contribution in [2.45, 2.75) is 13.3 Å². The lowest BCUT2D eigenvalue weighted by Crippen LogP contribution is -2.14. The van der Waals surface area contributed by atoms with E-state index in [0.717, 1.165) is 12.1 Å². The van der Waals surface area contributed by atoms with Gasteiger partial charge in [-0.3, -0.25) is 4.79 Å². The Morgan fingerprint density at radius 2 is 1.94 bits per heavy atom. The maximum atomic E-state index is 11.9. The summed E-state index contributed by atoms with van der Waals surface area (Å²) >= 11 is 0. The van der Waals surface area contributed by atoms with Crippen molar-refractivity contribution in [3.63, 3.8) is 0 Å². The minimum Gasteiger partial charge on any atom is -0.384 e. The molecule has 1 amide bonds. The van der Waals surface area contributed by atoms with Crippen molar-refractivity contribution < 1.29 is 4.79 Å². The van der Waals surface area contributed by atoms with Gasteiger partial charge in [0.15, 0.2) is 0 Å². The highest BCUT2D eigenvalue weighted by Gasteiger charge is 2.07. The summed E-state index contributed by atoms with van der Waals surface area (Å²) in [6.45, 7) is 2.09. The maximum Gasteiger partial charge on any atom is 0.274 e. The van der Waals surface area contributed by atoms with Crippen LogP contribution in [0.3, 0.4) is 0 Å². The Morgan fingerprint density at radius 3 is 2.56 bits per heavy atom. The number of pyridine rings is 1. The summed E-state index contributed by atoms with van der Waals surface area (Å²) in [5.74, 6) is 0.0792. The number of nitrogens with zero attached hydrogens (tertiary/aromatic N) is 1. The van der Waals surface area contributed by atoms with Gasteiger partial charge in [0.1, 0.15) is 11.5 Å². The van der Waals surface area contributed by atoms with Crippen molar-refractivity contribution >= 4 is 17.4 Å². The second-order valence-electron chi connectivity index (χ2n) is 3.95. The Labute approximate surface area is 106 Å². The molecule has 1 aromatic carbocycles. The predicted molar refractivity (Wildman–Crippen MR) is 72.4 cm³/mol. The summed E-state index contributed by atoms with van der Waals surface area (Å²) in [6, 6.07) is 12.7. The van der Waals surface area contributed by atoms with E-state index in [1.807, 2.05) is 24.3 Å². The summed E-state index contributed by atoms with van der Waals surface area (Å²) in [5.41, 5.74) is 7.83. The van der Waals surface area contributed by atoms with Crippen LogP contribution in [0.4, 0.5) is 11.5 Å². The number of nitrogen functional groups attached to an aromatic ring is 1. The van der Waals surface area contributed by atoms with E-state index < -0.39 is 0 Å². The summed E-state index contributed by atoms with van der Waals surface area (Å²) in [6.07, 6.45) is 0.977. The largest absolute Gasteiger partial charge is 0.384 e. The van der Waals surface area contributed by atoms with E-state index >= 15 is 0 Å². The number of hydrogen-bond donors (Lipinski definition) is 2. The molecule has 0 saturated heterocycles. The Morgan fingerprint density at radius 1 is 1.22 bits per heavy atom. The zero-order valence-electron chi connectivity index (χ0n) is 10.2. The highest BCUT2D eigenvalue weighted by Crippen LogP contribution is 2.11. The Bertz CT molecular complexity index is 549. The maximum absolute atomic E-state index is 11.9. The third kappa shape index (κ3) is 2.85. The van der Waals surface area contributed by atoms with Gasteiger partial charge in [-0.2, -0.15) is 0 Å². The predicted octanol–water partition coefficient (Wildman–Crippen LogP) is 2.48. The first-order chi connectivity index (χ1) is 8.69. The Balaban J connectivity index is 2.11. The fourth-order valence-electron chi connectivity index (χ4n) is 1.60. The molecule has 0 radical (unpaired) electrons. The molecule has 0 aliphatic carbocycles. The van der Waals surface area contributed by atoms with Gasteiger partial charge in [0, 0.05) is 5.69 Å². The smallest absolute Gasteiger partial charge is 0.274 e. The van der Waals surface area contributed by atoms with E-state index in [-0.39, 0.29) is 5.91 Å². The van der Waals surface area contributed by atoms with Crippen LogP contribution >= 0.6 is 0 Å². The molecular formula is C14H15N3O. The molecule has 0 aliphatic rings. The third-order valence-corrected chi connectivity index (χ3v) is 2.62.